The molecule has 0 aliphatic heterocycles. The van der Waals surface area contributed by atoms with E-state index in [0.717, 1.165) is 18.4 Å². The van der Waals surface area contributed by atoms with Crippen molar-refractivity contribution in [1.82, 2.24) is 0 Å². The lowest BCUT2D eigenvalue weighted by Gasteiger charge is -2.12. The lowest BCUT2D eigenvalue weighted by atomic mass is 9.99. The van der Waals surface area contributed by atoms with E-state index in [1.165, 1.54) is 5.56 Å². The maximum Gasteiger partial charge on any atom is 0.0790 e. The molecular formula is C13H20O. The maximum atomic E-state index is 9.86. The molecule has 1 heteroatoms. The lowest BCUT2D eigenvalue weighted by Crippen LogP contribution is -1.99. The van der Waals surface area contributed by atoms with Crippen molar-refractivity contribution in [2.45, 2.75) is 39.7 Å². The van der Waals surface area contributed by atoms with Crippen LogP contribution in [0.5, 0.6) is 0 Å². The summed E-state index contributed by atoms with van der Waals surface area (Å²) in [7, 11) is 0. The van der Waals surface area contributed by atoms with Crippen molar-refractivity contribution >= 4 is 0 Å². The zero-order valence-corrected chi connectivity index (χ0v) is 9.33. The molecule has 0 aliphatic carbocycles. The predicted molar refractivity (Wildman–Crippen MR) is 60.2 cm³/mol. The van der Waals surface area contributed by atoms with E-state index < -0.39 is 0 Å². The standard InChI is InChI=1S/C13H20O/c1-10(2)4-9-13(14)12-7-5-11(3)6-8-12/h5-8,10,13-14H,4,9H2,1-3H3. The third kappa shape index (κ3) is 3.51. The van der Waals surface area contributed by atoms with Gasteiger partial charge < -0.3 is 5.11 Å². The van der Waals surface area contributed by atoms with Gasteiger partial charge in [-0.25, -0.2) is 0 Å². The molecule has 1 nitrogen and oxygen atoms in total. The first-order valence-corrected chi connectivity index (χ1v) is 5.34. The summed E-state index contributed by atoms with van der Waals surface area (Å²) in [6.07, 6.45) is 1.65. The number of aliphatic hydroxyl groups excluding tert-OH is 1. The van der Waals surface area contributed by atoms with Gasteiger partial charge in [-0.1, -0.05) is 43.7 Å². The molecule has 1 N–H and O–H groups in total. The van der Waals surface area contributed by atoms with Crippen LogP contribution in [0.25, 0.3) is 0 Å². The van der Waals surface area contributed by atoms with E-state index in [9.17, 15) is 5.11 Å². The Balaban J connectivity index is 2.52. The Hall–Kier alpha value is -0.820. The van der Waals surface area contributed by atoms with E-state index in [4.69, 9.17) is 0 Å². The van der Waals surface area contributed by atoms with Crippen molar-refractivity contribution in [3.8, 4) is 0 Å². The molecule has 0 aromatic heterocycles. The molecule has 1 aromatic carbocycles. The minimum atomic E-state index is -0.294. The lowest BCUT2D eigenvalue weighted by molar-refractivity contribution is 0.159. The van der Waals surface area contributed by atoms with Gasteiger partial charge in [-0.2, -0.15) is 0 Å². The molecule has 0 aliphatic rings. The molecule has 0 spiro atoms. The minimum Gasteiger partial charge on any atom is -0.388 e. The third-order valence-electron chi connectivity index (χ3n) is 2.48. The van der Waals surface area contributed by atoms with Crippen LogP contribution in [0.3, 0.4) is 0 Å². The number of aliphatic hydroxyl groups is 1. The highest BCUT2D eigenvalue weighted by molar-refractivity contribution is 5.22. The molecule has 0 saturated heterocycles. The van der Waals surface area contributed by atoms with E-state index in [1.807, 2.05) is 24.3 Å². The predicted octanol–water partition coefficient (Wildman–Crippen LogP) is 3.46. The Kier molecular flexibility index (Phi) is 4.15. The van der Waals surface area contributed by atoms with Gasteiger partial charge in [0.2, 0.25) is 0 Å². The summed E-state index contributed by atoms with van der Waals surface area (Å²) in [5.74, 6) is 0.662. The Bertz CT molecular complexity index is 261. The van der Waals surface area contributed by atoms with Crippen molar-refractivity contribution in [2.75, 3.05) is 0 Å². The molecule has 0 heterocycles. The van der Waals surface area contributed by atoms with Crippen LogP contribution in [-0.4, -0.2) is 5.11 Å². The molecule has 1 unspecified atom stereocenters. The Morgan fingerprint density at radius 2 is 1.64 bits per heavy atom. The minimum absolute atomic E-state index is 0.294. The largest absolute Gasteiger partial charge is 0.388 e. The normalized spacial score (nSPS) is 13.2. The monoisotopic (exact) mass is 192 g/mol. The maximum absolute atomic E-state index is 9.86. The molecule has 1 aromatic rings. The van der Waals surface area contributed by atoms with Crippen molar-refractivity contribution in [2.24, 2.45) is 5.92 Å². The van der Waals surface area contributed by atoms with Gasteiger partial charge in [0, 0.05) is 0 Å². The van der Waals surface area contributed by atoms with Gasteiger partial charge >= 0.3 is 0 Å². The topological polar surface area (TPSA) is 20.2 Å². The molecule has 78 valence electrons. The van der Waals surface area contributed by atoms with Gasteiger partial charge in [0.25, 0.3) is 0 Å². The molecule has 0 fully saturated rings. The van der Waals surface area contributed by atoms with Crippen LogP contribution in [0.1, 0.15) is 43.9 Å². The highest BCUT2D eigenvalue weighted by atomic mass is 16.3. The molecule has 0 bridgehead atoms. The van der Waals surface area contributed by atoms with Crippen molar-refractivity contribution in [3.05, 3.63) is 35.4 Å². The second-order valence-corrected chi connectivity index (χ2v) is 4.40. The van der Waals surface area contributed by atoms with Crippen LogP contribution in [0, 0.1) is 12.8 Å². The zero-order valence-electron chi connectivity index (χ0n) is 9.33. The number of hydrogen-bond acceptors (Lipinski definition) is 1. The van der Waals surface area contributed by atoms with E-state index in [2.05, 4.69) is 20.8 Å². The van der Waals surface area contributed by atoms with Gasteiger partial charge in [-0.3, -0.25) is 0 Å². The van der Waals surface area contributed by atoms with Crippen LogP contribution in [-0.2, 0) is 0 Å². The summed E-state index contributed by atoms with van der Waals surface area (Å²) in [6.45, 7) is 6.42. The second kappa shape index (κ2) is 5.16. The summed E-state index contributed by atoms with van der Waals surface area (Å²) in [5, 5.41) is 9.86. The number of rotatable bonds is 4. The van der Waals surface area contributed by atoms with Crippen LogP contribution in [0.4, 0.5) is 0 Å². The van der Waals surface area contributed by atoms with Crippen molar-refractivity contribution < 1.29 is 5.11 Å². The van der Waals surface area contributed by atoms with Gasteiger partial charge in [0.05, 0.1) is 6.10 Å². The summed E-state index contributed by atoms with van der Waals surface area (Å²) in [4.78, 5) is 0. The first kappa shape index (κ1) is 11.3. The van der Waals surface area contributed by atoms with E-state index >= 15 is 0 Å². The highest BCUT2D eigenvalue weighted by Gasteiger charge is 2.07. The van der Waals surface area contributed by atoms with Crippen molar-refractivity contribution in [3.63, 3.8) is 0 Å². The fraction of sp³-hybridized carbons (Fsp3) is 0.538. The van der Waals surface area contributed by atoms with Crippen LogP contribution in [0.15, 0.2) is 24.3 Å². The Labute approximate surface area is 86.8 Å². The highest BCUT2D eigenvalue weighted by Crippen LogP contribution is 2.20. The summed E-state index contributed by atoms with van der Waals surface area (Å²) in [6, 6.07) is 8.13. The van der Waals surface area contributed by atoms with Gasteiger partial charge in [-0.15, -0.1) is 0 Å². The number of aryl methyl sites for hydroxylation is 1. The van der Waals surface area contributed by atoms with Crippen LogP contribution >= 0.6 is 0 Å². The summed E-state index contributed by atoms with van der Waals surface area (Å²) >= 11 is 0. The first-order chi connectivity index (χ1) is 6.59. The Morgan fingerprint density at radius 3 is 2.14 bits per heavy atom. The zero-order chi connectivity index (χ0) is 10.6. The van der Waals surface area contributed by atoms with E-state index in [-0.39, 0.29) is 6.10 Å². The summed E-state index contributed by atoms with van der Waals surface area (Å²) < 4.78 is 0. The molecular weight excluding hydrogens is 172 g/mol. The van der Waals surface area contributed by atoms with Crippen LogP contribution < -0.4 is 0 Å². The van der Waals surface area contributed by atoms with Crippen molar-refractivity contribution in [1.29, 1.82) is 0 Å². The fourth-order valence-electron chi connectivity index (χ4n) is 1.45. The quantitative estimate of drug-likeness (QED) is 0.774. The third-order valence-corrected chi connectivity index (χ3v) is 2.48. The average molecular weight is 192 g/mol. The SMILES string of the molecule is Cc1ccc(C(O)CCC(C)C)cc1. The smallest absolute Gasteiger partial charge is 0.0790 e. The molecule has 0 radical (unpaired) electrons. The molecule has 1 atom stereocenters. The molecule has 0 amide bonds. The van der Waals surface area contributed by atoms with E-state index in [0.29, 0.717) is 5.92 Å². The van der Waals surface area contributed by atoms with E-state index in [1.54, 1.807) is 0 Å². The molecule has 14 heavy (non-hydrogen) atoms. The van der Waals surface area contributed by atoms with Gasteiger partial charge in [-0.05, 0) is 31.2 Å². The molecule has 1 rings (SSSR count). The Morgan fingerprint density at radius 1 is 1.07 bits per heavy atom. The summed E-state index contributed by atoms with van der Waals surface area (Å²) in [5.41, 5.74) is 2.28. The number of hydrogen-bond donors (Lipinski definition) is 1. The fourth-order valence-corrected chi connectivity index (χ4v) is 1.45. The number of benzene rings is 1. The van der Waals surface area contributed by atoms with Gasteiger partial charge in [0.15, 0.2) is 0 Å². The van der Waals surface area contributed by atoms with Gasteiger partial charge in [0.1, 0.15) is 0 Å². The van der Waals surface area contributed by atoms with Crippen LogP contribution in [0.2, 0.25) is 0 Å². The second-order valence-electron chi connectivity index (χ2n) is 4.40. The average Bonchev–Trinajstić information content (AvgIpc) is 2.15. The molecule has 0 saturated carbocycles. The first-order valence-electron chi connectivity index (χ1n) is 5.34.